The lowest BCUT2D eigenvalue weighted by Gasteiger charge is -2.19. The molecule has 1 N–H and O–H groups in total. The topological polar surface area (TPSA) is 56.2 Å². The van der Waals surface area contributed by atoms with Crippen LogP contribution in [0.25, 0.3) is 0 Å². The van der Waals surface area contributed by atoms with Crippen molar-refractivity contribution in [3.05, 3.63) is 83.4 Å². The SMILES string of the molecule is Cn1ccnc1[C@H](NC(=O)COc1ccc(Cl)cc1)c1ccccc1. The van der Waals surface area contributed by atoms with E-state index in [1.54, 1.807) is 30.5 Å². The van der Waals surface area contributed by atoms with Crippen LogP contribution in [0.2, 0.25) is 5.02 Å². The van der Waals surface area contributed by atoms with Gasteiger partial charge in [-0.3, -0.25) is 4.79 Å². The number of nitrogens with zero attached hydrogens (tertiary/aromatic N) is 2. The number of imidazole rings is 1. The third-order valence-electron chi connectivity index (χ3n) is 3.74. The van der Waals surface area contributed by atoms with Crippen molar-refractivity contribution in [3.8, 4) is 5.75 Å². The lowest BCUT2D eigenvalue weighted by atomic mass is 10.1. The van der Waals surface area contributed by atoms with Crippen molar-refractivity contribution >= 4 is 17.5 Å². The van der Waals surface area contributed by atoms with Crippen molar-refractivity contribution in [2.24, 2.45) is 7.05 Å². The number of aryl methyl sites for hydroxylation is 1. The second-order valence-electron chi connectivity index (χ2n) is 5.55. The molecule has 1 atom stereocenters. The fraction of sp³-hybridized carbons (Fsp3) is 0.158. The number of hydrogen-bond donors (Lipinski definition) is 1. The number of hydrogen-bond acceptors (Lipinski definition) is 3. The Morgan fingerprint density at radius 2 is 1.92 bits per heavy atom. The van der Waals surface area contributed by atoms with Gasteiger partial charge >= 0.3 is 0 Å². The molecule has 0 saturated heterocycles. The van der Waals surface area contributed by atoms with Gasteiger partial charge in [-0.15, -0.1) is 0 Å². The standard InChI is InChI=1S/C19H18ClN3O2/c1-23-12-11-21-19(23)18(14-5-3-2-4-6-14)22-17(24)13-25-16-9-7-15(20)8-10-16/h2-12,18H,13H2,1H3,(H,22,24)/t18-/m1/s1. The smallest absolute Gasteiger partial charge is 0.258 e. The molecule has 128 valence electrons. The molecule has 1 amide bonds. The van der Waals surface area contributed by atoms with Gasteiger partial charge in [0.2, 0.25) is 0 Å². The predicted molar refractivity (Wildman–Crippen MR) is 96.6 cm³/mol. The van der Waals surface area contributed by atoms with Crippen molar-refractivity contribution in [1.29, 1.82) is 0 Å². The molecule has 0 aliphatic rings. The summed E-state index contributed by atoms with van der Waals surface area (Å²) in [7, 11) is 1.90. The highest BCUT2D eigenvalue weighted by Gasteiger charge is 2.20. The number of halogens is 1. The Bertz CT molecular complexity index is 831. The lowest BCUT2D eigenvalue weighted by Crippen LogP contribution is -2.34. The molecular formula is C19H18ClN3O2. The highest BCUT2D eigenvalue weighted by molar-refractivity contribution is 6.30. The maximum atomic E-state index is 12.4. The first kappa shape index (κ1) is 17.0. The zero-order valence-corrected chi connectivity index (χ0v) is 14.5. The molecule has 1 heterocycles. The highest BCUT2D eigenvalue weighted by Crippen LogP contribution is 2.20. The molecule has 0 aliphatic heterocycles. The first-order valence-electron chi connectivity index (χ1n) is 7.83. The maximum Gasteiger partial charge on any atom is 0.258 e. The molecule has 3 rings (SSSR count). The molecule has 0 radical (unpaired) electrons. The predicted octanol–water partition coefficient (Wildman–Crippen LogP) is 3.36. The van der Waals surface area contributed by atoms with Crippen LogP contribution in [0, 0.1) is 0 Å². The summed E-state index contributed by atoms with van der Waals surface area (Å²) < 4.78 is 7.40. The van der Waals surface area contributed by atoms with E-state index >= 15 is 0 Å². The molecule has 1 aromatic heterocycles. The molecule has 0 fully saturated rings. The molecule has 0 unspecified atom stereocenters. The monoisotopic (exact) mass is 355 g/mol. The summed E-state index contributed by atoms with van der Waals surface area (Å²) in [6.07, 6.45) is 3.56. The molecular weight excluding hydrogens is 338 g/mol. The quantitative estimate of drug-likeness (QED) is 0.737. The number of benzene rings is 2. The number of amides is 1. The average Bonchev–Trinajstić information content (AvgIpc) is 3.06. The van der Waals surface area contributed by atoms with Crippen LogP contribution in [-0.2, 0) is 11.8 Å². The van der Waals surface area contributed by atoms with Crippen molar-refractivity contribution in [2.75, 3.05) is 6.61 Å². The van der Waals surface area contributed by atoms with Crippen LogP contribution in [0.3, 0.4) is 0 Å². The summed E-state index contributed by atoms with van der Waals surface area (Å²) in [6, 6.07) is 16.3. The van der Waals surface area contributed by atoms with Gasteiger partial charge in [0.25, 0.3) is 5.91 Å². The largest absolute Gasteiger partial charge is 0.484 e. The van der Waals surface area contributed by atoms with E-state index in [-0.39, 0.29) is 18.6 Å². The number of nitrogens with one attached hydrogen (secondary N) is 1. The number of rotatable bonds is 6. The van der Waals surface area contributed by atoms with Crippen LogP contribution in [0.15, 0.2) is 67.0 Å². The molecule has 3 aromatic rings. The van der Waals surface area contributed by atoms with Crippen LogP contribution in [0.5, 0.6) is 5.75 Å². The van der Waals surface area contributed by atoms with Crippen molar-refractivity contribution < 1.29 is 9.53 Å². The Kier molecular flexibility index (Phi) is 5.36. The number of carbonyl (C=O) groups is 1. The van der Waals surface area contributed by atoms with Crippen LogP contribution in [-0.4, -0.2) is 22.1 Å². The van der Waals surface area contributed by atoms with Gasteiger partial charge in [-0.2, -0.15) is 0 Å². The van der Waals surface area contributed by atoms with Gasteiger partial charge in [0.15, 0.2) is 6.61 Å². The Hall–Kier alpha value is -2.79. The summed E-state index contributed by atoms with van der Waals surface area (Å²) >= 11 is 5.84. The summed E-state index contributed by atoms with van der Waals surface area (Å²) in [4.78, 5) is 16.7. The zero-order valence-electron chi connectivity index (χ0n) is 13.7. The van der Waals surface area contributed by atoms with E-state index in [1.165, 1.54) is 0 Å². The van der Waals surface area contributed by atoms with Crippen molar-refractivity contribution in [2.45, 2.75) is 6.04 Å². The van der Waals surface area contributed by atoms with Crippen LogP contribution < -0.4 is 10.1 Å². The van der Waals surface area contributed by atoms with Crippen LogP contribution >= 0.6 is 11.6 Å². The maximum absolute atomic E-state index is 12.4. The number of ether oxygens (including phenoxy) is 1. The van der Waals surface area contributed by atoms with Gasteiger partial charge in [-0.1, -0.05) is 41.9 Å². The second-order valence-corrected chi connectivity index (χ2v) is 5.99. The first-order chi connectivity index (χ1) is 12.1. The van der Waals surface area contributed by atoms with E-state index in [9.17, 15) is 4.79 Å². The molecule has 0 saturated carbocycles. The number of carbonyl (C=O) groups excluding carboxylic acids is 1. The van der Waals surface area contributed by atoms with Gasteiger partial charge in [0, 0.05) is 24.5 Å². The fourth-order valence-electron chi connectivity index (χ4n) is 2.48. The van der Waals surface area contributed by atoms with Crippen LogP contribution in [0.1, 0.15) is 17.4 Å². The Morgan fingerprint density at radius 1 is 1.20 bits per heavy atom. The molecule has 0 bridgehead atoms. The molecule has 25 heavy (non-hydrogen) atoms. The van der Waals surface area contributed by atoms with Gasteiger partial charge in [-0.05, 0) is 29.8 Å². The molecule has 0 aliphatic carbocycles. The molecule has 5 nitrogen and oxygen atoms in total. The van der Waals surface area contributed by atoms with E-state index < -0.39 is 0 Å². The minimum absolute atomic E-state index is 0.0879. The minimum Gasteiger partial charge on any atom is -0.484 e. The van der Waals surface area contributed by atoms with Gasteiger partial charge in [-0.25, -0.2) is 4.98 Å². The Morgan fingerprint density at radius 3 is 2.56 bits per heavy atom. The highest BCUT2D eigenvalue weighted by atomic mass is 35.5. The van der Waals surface area contributed by atoms with Gasteiger partial charge in [0.05, 0.1) is 0 Å². The number of aromatic nitrogens is 2. The van der Waals surface area contributed by atoms with E-state index in [1.807, 2.05) is 48.1 Å². The van der Waals surface area contributed by atoms with E-state index in [0.717, 1.165) is 11.4 Å². The summed E-state index contributed by atoms with van der Waals surface area (Å²) in [6.45, 7) is -0.0879. The summed E-state index contributed by atoms with van der Waals surface area (Å²) in [5.74, 6) is 1.12. The Balaban J connectivity index is 1.71. The molecule has 2 aromatic carbocycles. The lowest BCUT2D eigenvalue weighted by molar-refractivity contribution is -0.123. The molecule has 6 heteroatoms. The molecule has 0 spiro atoms. The second kappa shape index (κ2) is 7.85. The third-order valence-corrected chi connectivity index (χ3v) is 3.99. The first-order valence-corrected chi connectivity index (χ1v) is 8.21. The van der Waals surface area contributed by atoms with E-state index in [2.05, 4.69) is 10.3 Å². The Labute approximate surface area is 151 Å². The van der Waals surface area contributed by atoms with Crippen LogP contribution in [0.4, 0.5) is 0 Å². The van der Waals surface area contributed by atoms with E-state index in [4.69, 9.17) is 16.3 Å². The summed E-state index contributed by atoms with van der Waals surface area (Å²) in [5.41, 5.74) is 0.955. The zero-order chi connectivity index (χ0) is 17.6. The average molecular weight is 356 g/mol. The van der Waals surface area contributed by atoms with Gasteiger partial charge in [0.1, 0.15) is 17.6 Å². The van der Waals surface area contributed by atoms with Crippen molar-refractivity contribution in [1.82, 2.24) is 14.9 Å². The van der Waals surface area contributed by atoms with Crippen molar-refractivity contribution in [3.63, 3.8) is 0 Å². The third kappa shape index (κ3) is 4.39. The fourth-order valence-corrected chi connectivity index (χ4v) is 2.61. The minimum atomic E-state index is -0.345. The summed E-state index contributed by atoms with van der Waals surface area (Å²) in [5, 5.41) is 3.61. The van der Waals surface area contributed by atoms with Gasteiger partial charge < -0.3 is 14.6 Å². The van der Waals surface area contributed by atoms with E-state index in [0.29, 0.717) is 10.8 Å². The normalized spacial score (nSPS) is 11.8.